The summed E-state index contributed by atoms with van der Waals surface area (Å²) < 4.78 is 21.7. The van der Waals surface area contributed by atoms with Crippen LogP contribution in [0.25, 0.3) is 11.5 Å². The van der Waals surface area contributed by atoms with Crippen LogP contribution in [0.4, 0.5) is 6.01 Å². The summed E-state index contributed by atoms with van der Waals surface area (Å²) in [5, 5.41) is 10.5. The maximum atomic E-state index is 12.1. The van der Waals surface area contributed by atoms with Gasteiger partial charge < -0.3 is 18.6 Å². The van der Waals surface area contributed by atoms with E-state index < -0.39 is 0 Å². The molecule has 1 N–H and O–H groups in total. The molecule has 4 rings (SSSR count). The highest BCUT2D eigenvalue weighted by molar-refractivity contribution is 7.99. The average molecular weight is 413 g/mol. The summed E-state index contributed by atoms with van der Waals surface area (Å²) >= 11 is 1.58. The summed E-state index contributed by atoms with van der Waals surface area (Å²) in [5.74, 6) is 2.85. The van der Waals surface area contributed by atoms with Gasteiger partial charge in [0.2, 0.25) is 11.8 Å². The van der Waals surface area contributed by atoms with Crippen LogP contribution in [0.15, 0.2) is 51.8 Å². The van der Waals surface area contributed by atoms with Gasteiger partial charge in [-0.3, -0.25) is 10.1 Å². The van der Waals surface area contributed by atoms with E-state index in [9.17, 15) is 4.79 Å². The second-order valence-electron chi connectivity index (χ2n) is 6.09. The molecule has 0 fully saturated rings. The Bertz CT molecular complexity index is 990. The molecular weight excluding hydrogens is 394 g/mol. The molecule has 0 radical (unpaired) electrons. The molecule has 0 aliphatic carbocycles. The zero-order valence-electron chi connectivity index (χ0n) is 15.7. The smallest absolute Gasteiger partial charge is 0.322 e. The topological polar surface area (TPSA) is 95.7 Å². The summed E-state index contributed by atoms with van der Waals surface area (Å²) in [4.78, 5) is 13.2. The van der Waals surface area contributed by atoms with E-state index in [1.54, 1.807) is 37.1 Å². The number of aromatic nitrogens is 2. The molecule has 0 unspecified atom stereocenters. The molecule has 2 aromatic carbocycles. The number of thioether (sulfide) groups is 1. The van der Waals surface area contributed by atoms with E-state index in [1.165, 1.54) is 0 Å². The highest BCUT2D eigenvalue weighted by atomic mass is 32.2. The van der Waals surface area contributed by atoms with Crippen molar-refractivity contribution < 1.29 is 23.4 Å². The van der Waals surface area contributed by atoms with E-state index in [2.05, 4.69) is 15.5 Å². The molecule has 8 nitrogen and oxygen atoms in total. The highest BCUT2D eigenvalue weighted by Crippen LogP contribution is 2.34. The van der Waals surface area contributed by atoms with Gasteiger partial charge in [-0.1, -0.05) is 5.10 Å². The minimum Gasteiger partial charge on any atom is -0.497 e. The third-order valence-corrected chi connectivity index (χ3v) is 5.13. The van der Waals surface area contributed by atoms with Gasteiger partial charge in [-0.05, 0) is 42.5 Å². The van der Waals surface area contributed by atoms with E-state index >= 15 is 0 Å². The van der Waals surface area contributed by atoms with Crippen LogP contribution in [0.1, 0.15) is 6.42 Å². The van der Waals surface area contributed by atoms with Crippen LogP contribution in [0.3, 0.4) is 0 Å². The van der Waals surface area contributed by atoms with Gasteiger partial charge in [0, 0.05) is 22.6 Å². The summed E-state index contributed by atoms with van der Waals surface area (Å²) in [6.45, 7) is 1.02. The fourth-order valence-corrected chi connectivity index (χ4v) is 3.53. The van der Waals surface area contributed by atoms with Crippen LogP contribution >= 0.6 is 11.8 Å². The number of hydrogen-bond donors (Lipinski definition) is 1. The lowest BCUT2D eigenvalue weighted by Gasteiger charge is -2.18. The Kier molecular flexibility index (Phi) is 5.85. The number of amides is 1. The monoisotopic (exact) mass is 413 g/mol. The van der Waals surface area contributed by atoms with Crippen molar-refractivity contribution in [2.75, 3.05) is 31.4 Å². The molecule has 0 bridgehead atoms. The van der Waals surface area contributed by atoms with Gasteiger partial charge >= 0.3 is 6.01 Å². The Hall–Kier alpha value is -3.20. The first-order valence-electron chi connectivity index (χ1n) is 9.01. The maximum absolute atomic E-state index is 12.1. The Morgan fingerprint density at radius 1 is 1.10 bits per heavy atom. The number of carbonyl (C=O) groups excluding carboxylic acids is 1. The Morgan fingerprint density at radius 3 is 2.69 bits per heavy atom. The molecule has 29 heavy (non-hydrogen) atoms. The molecule has 2 heterocycles. The molecule has 0 atom stereocenters. The zero-order chi connectivity index (χ0) is 20.1. The standard InChI is InChI=1S/C20H19N3O5S/c1-25-14-3-5-15(6-4-14)29-11-8-18(24)21-20-23-22-19(28-20)13-2-7-16-17(12-13)27-10-9-26-16/h2-7,12H,8-11H2,1H3,(H,21,23,24). The number of anilines is 1. The summed E-state index contributed by atoms with van der Waals surface area (Å²) in [5.41, 5.74) is 0.692. The predicted octanol–water partition coefficient (Wildman–Crippen LogP) is 3.64. The van der Waals surface area contributed by atoms with Gasteiger partial charge in [0.05, 0.1) is 7.11 Å². The van der Waals surface area contributed by atoms with Crippen LogP contribution in [0.5, 0.6) is 17.2 Å². The van der Waals surface area contributed by atoms with Gasteiger partial charge in [0.1, 0.15) is 19.0 Å². The normalized spacial score (nSPS) is 12.4. The number of methoxy groups -OCH3 is 1. The first-order chi connectivity index (χ1) is 14.2. The second kappa shape index (κ2) is 8.87. The number of rotatable bonds is 7. The summed E-state index contributed by atoms with van der Waals surface area (Å²) in [6, 6.07) is 13.1. The van der Waals surface area contributed by atoms with Crippen molar-refractivity contribution >= 4 is 23.7 Å². The number of carbonyl (C=O) groups is 1. The third-order valence-electron chi connectivity index (χ3n) is 4.12. The number of benzene rings is 2. The lowest BCUT2D eigenvalue weighted by atomic mass is 10.2. The molecule has 0 saturated carbocycles. The molecule has 3 aromatic rings. The zero-order valence-corrected chi connectivity index (χ0v) is 16.5. The molecule has 1 aliphatic rings. The lowest BCUT2D eigenvalue weighted by molar-refractivity contribution is -0.115. The van der Waals surface area contributed by atoms with Crippen LogP contribution in [0.2, 0.25) is 0 Å². The van der Waals surface area contributed by atoms with Crippen molar-refractivity contribution in [3.05, 3.63) is 42.5 Å². The molecule has 9 heteroatoms. The maximum Gasteiger partial charge on any atom is 0.322 e. The van der Waals surface area contributed by atoms with Gasteiger partial charge in [0.25, 0.3) is 0 Å². The molecule has 0 saturated heterocycles. The highest BCUT2D eigenvalue weighted by Gasteiger charge is 2.16. The van der Waals surface area contributed by atoms with Crippen LogP contribution < -0.4 is 19.5 Å². The Labute approximate surface area is 171 Å². The van der Waals surface area contributed by atoms with Crippen molar-refractivity contribution in [3.63, 3.8) is 0 Å². The van der Waals surface area contributed by atoms with Crippen LogP contribution in [-0.4, -0.2) is 42.2 Å². The molecule has 1 aliphatic heterocycles. The van der Waals surface area contributed by atoms with Gasteiger partial charge in [-0.2, -0.15) is 0 Å². The minimum atomic E-state index is -0.191. The van der Waals surface area contributed by atoms with Gasteiger partial charge in [0.15, 0.2) is 11.5 Å². The molecule has 0 spiro atoms. The summed E-state index contributed by atoms with van der Waals surface area (Å²) in [6.07, 6.45) is 0.318. The van der Waals surface area contributed by atoms with Gasteiger partial charge in [-0.25, -0.2) is 0 Å². The van der Waals surface area contributed by atoms with E-state index in [-0.39, 0.29) is 11.9 Å². The molecular formula is C20H19N3O5S. The fraction of sp³-hybridized carbons (Fsp3) is 0.250. The Morgan fingerprint density at radius 2 is 1.90 bits per heavy atom. The lowest BCUT2D eigenvalue weighted by Crippen LogP contribution is -2.15. The molecule has 1 amide bonds. The quantitative estimate of drug-likeness (QED) is 0.587. The third kappa shape index (κ3) is 4.80. The van der Waals surface area contributed by atoms with E-state index in [1.807, 2.05) is 24.3 Å². The number of fused-ring (bicyclic) bond motifs is 1. The van der Waals surface area contributed by atoms with Gasteiger partial charge in [-0.15, -0.1) is 16.9 Å². The second-order valence-corrected chi connectivity index (χ2v) is 7.26. The van der Waals surface area contributed by atoms with Crippen LogP contribution in [-0.2, 0) is 4.79 Å². The number of hydrogen-bond acceptors (Lipinski definition) is 8. The minimum absolute atomic E-state index is 0.0642. The predicted molar refractivity (Wildman–Crippen MR) is 108 cm³/mol. The van der Waals surface area contributed by atoms with Crippen molar-refractivity contribution in [2.24, 2.45) is 0 Å². The number of nitrogens with one attached hydrogen (secondary N) is 1. The number of ether oxygens (including phenoxy) is 3. The van der Waals surface area contributed by atoms with Crippen molar-refractivity contribution in [3.8, 4) is 28.7 Å². The van der Waals surface area contributed by atoms with Crippen molar-refractivity contribution in [2.45, 2.75) is 11.3 Å². The van der Waals surface area contributed by atoms with E-state index in [0.717, 1.165) is 10.6 Å². The van der Waals surface area contributed by atoms with Crippen molar-refractivity contribution in [1.82, 2.24) is 10.2 Å². The average Bonchev–Trinajstić information content (AvgIpc) is 3.22. The summed E-state index contributed by atoms with van der Waals surface area (Å²) in [7, 11) is 1.63. The van der Waals surface area contributed by atoms with Crippen molar-refractivity contribution in [1.29, 1.82) is 0 Å². The molecule has 150 valence electrons. The first kappa shape index (κ1) is 19.1. The van der Waals surface area contributed by atoms with E-state index in [0.29, 0.717) is 48.3 Å². The fourth-order valence-electron chi connectivity index (χ4n) is 2.68. The number of nitrogens with zero attached hydrogens (tertiary/aromatic N) is 2. The molecule has 1 aromatic heterocycles. The van der Waals surface area contributed by atoms with Crippen LogP contribution in [0, 0.1) is 0 Å². The Balaban J connectivity index is 1.30. The largest absolute Gasteiger partial charge is 0.497 e. The SMILES string of the molecule is COc1ccc(SCCC(=O)Nc2nnc(-c3ccc4c(c3)OCCO4)o2)cc1. The van der Waals surface area contributed by atoms with E-state index in [4.69, 9.17) is 18.6 Å². The first-order valence-corrected chi connectivity index (χ1v) is 10.00.